The number of rotatable bonds is 3. The van der Waals surface area contributed by atoms with Crippen LogP contribution in [0.25, 0.3) is 0 Å². The Labute approximate surface area is 81.4 Å². The average molecular weight is 195 g/mol. The van der Waals surface area contributed by atoms with Crippen molar-refractivity contribution < 1.29 is 14.2 Å². The van der Waals surface area contributed by atoms with Crippen LogP contribution in [0.1, 0.15) is 18.1 Å². The highest BCUT2D eigenvalue weighted by molar-refractivity contribution is 5.30. The lowest BCUT2D eigenvalue weighted by molar-refractivity contribution is 0.183. The fourth-order valence-electron chi connectivity index (χ4n) is 1.09. The van der Waals surface area contributed by atoms with Crippen LogP contribution in [0, 0.1) is 17.1 Å². The minimum absolute atomic E-state index is 0.0498. The van der Waals surface area contributed by atoms with E-state index in [1.54, 1.807) is 0 Å². The second kappa shape index (κ2) is 4.58. The maximum Gasteiger partial charge on any atom is 0.165 e. The number of hydrogen-bond acceptors (Lipinski definition) is 3. The van der Waals surface area contributed by atoms with Crippen LogP contribution in [0.3, 0.4) is 0 Å². The molecular formula is C10H10FNO2. The van der Waals surface area contributed by atoms with E-state index in [9.17, 15) is 9.50 Å². The first kappa shape index (κ1) is 10.5. The van der Waals surface area contributed by atoms with Crippen LogP contribution in [0.5, 0.6) is 5.75 Å². The van der Waals surface area contributed by atoms with Crippen LogP contribution in [-0.2, 0) is 0 Å². The van der Waals surface area contributed by atoms with E-state index in [-0.39, 0.29) is 12.2 Å². The average Bonchev–Trinajstić information content (AvgIpc) is 2.18. The lowest BCUT2D eigenvalue weighted by Crippen LogP contribution is -1.97. The second-order valence-corrected chi connectivity index (χ2v) is 2.77. The Balaban J connectivity index is 2.92. The molecule has 1 rings (SSSR count). The number of ether oxygens (including phenoxy) is 1. The van der Waals surface area contributed by atoms with Crippen molar-refractivity contribution in [3.8, 4) is 11.8 Å². The van der Waals surface area contributed by atoms with Gasteiger partial charge in [-0.2, -0.15) is 5.26 Å². The third-order valence-electron chi connectivity index (χ3n) is 1.85. The van der Waals surface area contributed by atoms with Gasteiger partial charge in [-0.25, -0.2) is 4.39 Å². The maximum absolute atomic E-state index is 13.1. The van der Waals surface area contributed by atoms with Crippen molar-refractivity contribution in [2.45, 2.75) is 12.5 Å². The molecule has 14 heavy (non-hydrogen) atoms. The summed E-state index contributed by atoms with van der Waals surface area (Å²) in [4.78, 5) is 0. The van der Waals surface area contributed by atoms with Crippen LogP contribution in [0.4, 0.5) is 4.39 Å². The normalized spacial score (nSPS) is 11.9. The zero-order valence-electron chi connectivity index (χ0n) is 7.70. The SMILES string of the molecule is COc1ccc(C(O)CC#N)cc1F. The van der Waals surface area contributed by atoms with Gasteiger partial charge in [-0.1, -0.05) is 6.07 Å². The Morgan fingerprint density at radius 1 is 1.64 bits per heavy atom. The van der Waals surface area contributed by atoms with Crippen LogP contribution >= 0.6 is 0 Å². The third-order valence-corrected chi connectivity index (χ3v) is 1.85. The van der Waals surface area contributed by atoms with E-state index in [4.69, 9.17) is 10.00 Å². The molecule has 4 heteroatoms. The van der Waals surface area contributed by atoms with Crippen molar-refractivity contribution >= 4 is 0 Å². The smallest absolute Gasteiger partial charge is 0.165 e. The fraction of sp³-hybridized carbons (Fsp3) is 0.300. The van der Waals surface area contributed by atoms with Crippen LogP contribution < -0.4 is 4.74 Å². The zero-order chi connectivity index (χ0) is 10.6. The first-order valence-electron chi connectivity index (χ1n) is 4.07. The highest BCUT2D eigenvalue weighted by atomic mass is 19.1. The van der Waals surface area contributed by atoms with Gasteiger partial charge in [0, 0.05) is 0 Å². The Kier molecular flexibility index (Phi) is 3.43. The van der Waals surface area contributed by atoms with E-state index < -0.39 is 11.9 Å². The number of hydrogen-bond donors (Lipinski definition) is 1. The third kappa shape index (κ3) is 2.21. The molecule has 0 aromatic heterocycles. The first-order valence-corrected chi connectivity index (χ1v) is 4.07. The standard InChI is InChI=1S/C10H10FNO2/c1-14-10-3-2-7(6-8(10)11)9(13)4-5-12/h2-3,6,9,13H,4H2,1H3. The van der Waals surface area contributed by atoms with Crippen molar-refractivity contribution in [2.24, 2.45) is 0 Å². The zero-order valence-corrected chi connectivity index (χ0v) is 7.70. The number of nitriles is 1. The lowest BCUT2D eigenvalue weighted by Gasteiger charge is -2.08. The number of halogens is 1. The van der Waals surface area contributed by atoms with Gasteiger partial charge in [0.1, 0.15) is 0 Å². The van der Waals surface area contributed by atoms with Gasteiger partial charge in [0.25, 0.3) is 0 Å². The van der Waals surface area contributed by atoms with Crippen molar-refractivity contribution in [2.75, 3.05) is 7.11 Å². The summed E-state index contributed by atoms with van der Waals surface area (Å²) >= 11 is 0. The molecular weight excluding hydrogens is 185 g/mol. The molecule has 0 amide bonds. The van der Waals surface area contributed by atoms with Gasteiger partial charge in [0.15, 0.2) is 11.6 Å². The number of methoxy groups -OCH3 is 1. The predicted molar refractivity (Wildman–Crippen MR) is 48.1 cm³/mol. The van der Waals surface area contributed by atoms with E-state index in [2.05, 4.69) is 0 Å². The molecule has 0 saturated carbocycles. The molecule has 0 spiro atoms. The van der Waals surface area contributed by atoms with Gasteiger partial charge in [-0.3, -0.25) is 0 Å². The molecule has 1 aromatic rings. The van der Waals surface area contributed by atoms with Gasteiger partial charge in [-0.05, 0) is 17.7 Å². The topological polar surface area (TPSA) is 53.2 Å². The summed E-state index contributed by atoms with van der Waals surface area (Å²) in [5, 5.41) is 17.7. The molecule has 0 fully saturated rings. The molecule has 0 aliphatic rings. The Morgan fingerprint density at radius 2 is 2.36 bits per heavy atom. The molecule has 0 saturated heterocycles. The van der Waals surface area contributed by atoms with Crippen LogP contribution in [0.15, 0.2) is 18.2 Å². The van der Waals surface area contributed by atoms with E-state index in [0.717, 1.165) is 0 Å². The Hall–Kier alpha value is -1.60. The van der Waals surface area contributed by atoms with Crippen molar-refractivity contribution in [1.29, 1.82) is 5.26 Å². The van der Waals surface area contributed by atoms with Gasteiger partial charge >= 0.3 is 0 Å². The monoisotopic (exact) mass is 195 g/mol. The molecule has 0 aliphatic carbocycles. The molecule has 1 unspecified atom stereocenters. The minimum atomic E-state index is -0.944. The summed E-state index contributed by atoms with van der Waals surface area (Å²) in [7, 11) is 1.36. The molecule has 1 aromatic carbocycles. The van der Waals surface area contributed by atoms with Gasteiger partial charge in [0.05, 0.1) is 25.7 Å². The largest absolute Gasteiger partial charge is 0.494 e. The van der Waals surface area contributed by atoms with E-state index in [1.165, 1.54) is 25.3 Å². The van der Waals surface area contributed by atoms with E-state index >= 15 is 0 Å². The maximum atomic E-state index is 13.1. The quantitative estimate of drug-likeness (QED) is 0.799. The van der Waals surface area contributed by atoms with E-state index in [0.29, 0.717) is 5.56 Å². The molecule has 0 bridgehead atoms. The molecule has 1 atom stereocenters. The van der Waals surface area contributed by atoms with Crippen LogP contribution in [0.2, 0.25) is 0 Å². The highest BCUT2D eigenvalue weighted by Crippen LogP contribution is 2.23. The second-order valence-electron chi connectivity index (χ2n) is 2.77. The van der Waals surface area contributed by atoms with Gasteiger partial charge in [-0.15, -0.1) is 0 Å². The van der Waals surface area contributed by atoms with Crippen molar-refractivity contribution in [3.63, 3.8) is 0 Å². The van der Waals surface area contributed by atoms with Crippen LogP contribution in [-0.4, -0.2) is 12.2 Å². The molecule has 1 N–H and O–H groups in total. The first-order chi connectivity index (χ1) is 6.69. The summed E-state index contributed by atoms with van der Waals surface area (Å²) in [5.41, 5.74) is 0.379. The summed E-state index contributed by atoms with van der Waals surface area (Å²) < 4.78 is 17.9. The van der Waals surface area contributed by atoms with Crippen molar-refractivity contribution in [1.82, 2.24) is 0 Å². The Morgan fingerprint density at radius 3 is 2.86 bits per heavy atom. The minimum Gasteiger partial charge on any atom is -0.494 e. The summed E-state index contributed by atoms with van der Waals surface area (Å²) in [5.74, 6) is -0.417. The van der Waals surface area contributed by atoms with Crippen molar-refractivity contribution in [3.05, 3.63) is 29.6 Å². The van der Waals surface area contributed by atoms with E-state index in [1.807, 2.05) is 6.07 Å². The number of benzene rings is 1. The molecule has 0 heterocycles. The van der Waals surface area contributed by atoms with Gasteiger partial charge in [0.2, 0.25) is 0 Å². The number of nitrogens with zero attached hydrogens (tertiary/aromatic N) is 1. The lowest BCUT2D eigenvalue weighted by atomic mass is 10.1. The molecule has 0 radical (unpaired) electrons. The molecule has 3 nitrogen and oxygen atoms in total. The summed E-state index contributed by atoms with van der Waals surface area (Å²) in [6.07, 6.45) is -0.994. The molecule has 74 valence electrons. The fourth-order valence-corrected chi connectivity index (χ4v) is 1.09. The summed E-state index contributed by atoms with van der Waals surface area (Å²) in [6, 6.07) is 5.93. The number of aliphatic hydroxyl groups excluding tert-OH is 1. The highest BCUT2D eigenvalue weighted by Gasteiger charge is 2.10. The number of aliphatic hydroxyl groups is 1. The Bertz CT molecular complexity index is 360. The predicted octanol–water partition coefficient (Wildman–Crippen LogP) is 1.78. The summed E-state index contributed by atoms with van der Waals surface area (Å²) in [6.45, 7) is 0. The van der Waals surface area contributed by atoms with Gasteiger partial charge < -0.3 is 9.84 Å². The molecule has 0 aliphatic heterocycles.